The van der Waals surface area contributed by atoms with Crippen LogP contribution in [0.3, 0.4) is 0 Å². The third-order valence-corrected chi connectivity index (χ3v) is 3.08. The zero-order valence-electron chi connectivity index (χ0n) is 11.9. The van der Waals surface area contributed by atoms with Crippen LogP contribution in [0.2, 0.25) is 0 Å². The zero-order chi connectivity index (χ0) is 16.9. The molecule has 0 aliphatic rings. The van der Waals surface area contributed by atoms with Crippen LogP contribution in [0.1, 0.15) is 27.9 Å². The number of alkyl halides is 3. The first-order valence-electron chi connectivity index (χ1n) is 6.75. The molecule has 3 nitrogen and oxygen atoms in total. The Labute approximate surface area is 130 Å². The minimum Gasteiger partial charge on any atom is -0.423 e. The van der Waals surface area contributed by atoms with Crippen molar-refractivity contribution in [3.05, 3.63) is 65.2 Å². The number of halogens is 3. The maximum atomic E-state index is 12.2. The van der Waals surface area contributed by atoms with Crippen molar-refractivity contribution < 1.29 is 22.7 Å². The molecule has 0 amide bonds. The van der Waals surface area contributed by atoms with Crippen molar-refractivity contribution in [2.75, 3.05) is 0 Å². The van der Waals surface area contributed by atoms with E-state index in [0.717, 1.165) is 0 Å². The Morgan fingerprint density at radius 1 is 1.04 bits per heavy atom. The average molecular weight is 319 g/mol. The molecule has 2 aromatic rings. The molecule has 0 aliphatic carbocycles. The molecule has 0 aliphatic heterocycles. The van der Waals surface area contributed by atoms with Crippen LogP contribution in [-0.4, -0.2) is 12.1 Å². The predicted octanol–water partition coefficient (Wildman–Crippen LogP) is 4.27. The molecular formula is C17H12F3NO2. The lowest BCUT2D eigenvalue weighted by atomic mass is 10.1. The summed E-state index contributed by atoms with van der Waals surface area (Å²) in [6.07, 6.45) is -5.23. The van der Waals surface area contributed by atoms with Gasteiger partial charge in [-0.3, -0.25) is 0 Å². The zero-order valence-corrected chi connectivity index (χ0v) is 11.9. The molecule has 118 valence electrons. The molecule has 0 radical (unpaired) electrons. The quantitative estimate of drug-likeness (QED) is 0.624. The highest BCUT2D eigenvalue weighted by Gasteiger charge is 2.26. The molecule has 0 aromatic heterocycles. The van der Waals surface area contributed by atoms with Crippen molar-refractivity contribution in [3.8, 4) is 11.8 Å². The smallest absolute Gasteiger partial charge is 0.389 e. The van der Waals surface area contributed by atoms with E-state index in [1.54, 1.807) is 0 Å². The maximum Gasteiger partial charge on any atom is 0.389 e. The van der Waals surface area contributed by atoms with Gasteiger partial charge in [0.1, 0.15) is 5.75 Å². The number of aryl methyl sites for hydroxylation is 1. The fourth-order valence-electron chi connectivity index (χ4n) is 1.86. The number of ether oxygens (including phenoxy) is 1. The molecule has 6 heteroatoms. The lowest BCUT2D eigenvalue weighted by Gasteiger charge is -2.07. The summed E-state index contributed by atoms with van der Waals surface area (Å²) >= 11 is 0. The van der Waals surface area contributed by atoms with E-state index in [4.69, 9.17) is 10.00 Å². The molecule has 0 spiro atoms. The molecule has 0 saturated heterocycles. The number of benzene rings is 2. The largest absolute Gasteiger partial charge is 0.423 e. The minimum absolute atomic E-state index is 0.131. The molecule has 0 heterocycles. The molecule has 0 unspecified atom stereocenters. The van der Waals surface area contributed by atoms with Crippen molar-refractivity contribution >= 4 is 5.97 Å². The summed E-state index contributed by atoms with van der Waals surface area (Å²) in [6.45, 7) is 0. The van der Waals surface area contributed by atoms with E-state index >= 15 is 0 Å². The van der Waals surface area contributed by atoms with Crippen LogP contribution in [0.25, 0.3) is 0 Å². The highest BCUT2D eigenvalue weighted by molar-refractivity contribution is 5.91. The number of hydrogen-bond donors (Lipinski definition) is 0. The second-order valence-electron chi connectivity index (χ2n) is 4.84. The Morgan fingerprint density at radius 3 is 2.17 bits per heavy atom. The third kappa shape index (κ3) is 5.15. The standard InChI is InChI=1S/C17H12F3NO2/c18-17(19,20)10-9-12-1-5-14(6-2-12)16(22)23-15-7-3-13(11-21)4-8-15/h1-8H,9-10H2. The number of rotatable bonds is 4. The van der Waals surface area contributed by atoms with Crippen LogP contribution in [0, 0.1) is 11.3 Å². The van der Waals surface area contributed by atoms with Crippen LogP contribution >= 0.6 is 0 Å². The SMILES string of the molecule is N#Cc1ccc(OC(=O)c2ccc(CCC(F)(F)F)cc2)cc1. The Morgan fingerprint density at radius 2 is 1.65 bits per heavy atom. The lowest BCUT2D eigenvalue weighted by Crippen LogP contribution is -2.10. The van der Waals surface area contributed by atoms with Crippen molar-refractivity contribution in [1.82, 2.24) is 0 Å². The summed E-state index contributed by atoms with van der Waals surface area (Å²) in [4.78, 5) is 11.9. The normalized spacial score (nSPS) is 10.9. The van der Waals surface area contributed by atoms with Gasteiger partial charge in [-0.15, -0.1) is 0 Å². The second-order valence-corrected chi connectivity index (χ2v) is 4.84. The van der Waals surface area contributed by atoms with E-state index in [0.29, 0.717) is 11.1 Å². The average Bonchev–Trinajstić information content (AvgIpc) is 2.53. The number of carbonyl (C=O) groups excluding carboxylic acids is 1. The van der Waals surface area contributed by atoms with E-state index in [-0.39, 0.29) is 17.7 Å². The van der Waals surface area contributed by atoms with E-state index in [1.165, 1.54) is 48.5 Å². The van der Waals surface area contributed by atoms with Gasteiger partial charge in [-0.25, -0.2) is 4.79 Å². The van der Waals surface area contributed by atoms with Crippen LogP contribution in [0.15, 0.2) is 48.5 Å². The van der Waals surface area contributed by atoms with Gasteiger partial charge in [0.25, 0.3) is 0 Å². The van der Waals surface area contributed by atoms with Gasteiger partial charge in [-0.2, -0.15) is 18.4 Å². The van der Waals surface area contributed by atoms with Gasteiger partial charge in [0.05, 0.1) is 17.2 Å². The van der Waals surface area contributed by atoms with Gasteiger partial charge in [-0.1, -0.05) is 12.1 Å². The second kappa shape index (κ2) is 6.97. The number of nitrogens with zero attached hydrogens (tertiary/aromatic N) is 1. The van der Waals surface area contributed by atoms with Gasteiger partial charge in [0, 0.05) is 6.42 Å². The Balaban J connectivity index is 1.98. The van der Waals surface area contributed by atoms with Crippen molar-refractivity contribution in [2.24, 2.45) is 0 Å². The summed E-state index contributed by atoms with van der Waals surface area (Å²) in [5.41, 5.74) is 1.18. The van der Waals surface area contributed by atoms with Gasteiger partial charge < -0.3 is 4.74 Å². The van der Waals surface area contributed by atoms with E-state index in [2.05, 4.69) is 0 Å². The van der Waals surface area contributed by atoms with Crippen molar-refractivity contribution in [1.29, 1.82) is 5.26 Å². The molecule has 0 bridgehead atoms. The highest BCUT2D eigenvalue weighted by Crippen LogP contribution is 2.22. The number of esters is 1. The topological polar surface area (TPSA) is 50.1 Å². The monoisotopic (exact) mass is 319 g/mol. The molecule has 0 atom stereocenters. The van der Waals surface area contributed by atoms with Crippen LogP contribution in [0.5, 0.6) is 5.75 Å². The van der Waals surface area contributed by atoms with Gasteiger partial charge in [0.15, 0.2) is 0 Å². The lowest BCUT2D eigenvalue weighted by molar-refractivity contribution is -0.134. The van der Waals surface area contributed by atoms with Gasteiger partial charge >= 0.3 is 12.1 Å². The van der Waals surface area contributed by atoms with E-state index in [1.807, 2.05) is 6.07 Å². The van der Waals surface area contributed by atoms with Crippen LogP contribution in [0.4, 0.5) is 13.2 Å². The molecule has 23 heavy (non-hydrogen) atoms. The summed E-state index contributed by atoms with van der Waals surface area (Å²) in [5, 5.41) is 8.68. The van der Waals surface area contributed by atoms with Crippen LogP contribution in [-0.2, 0) is 6.42 Å². The third-order valence-electron chi connectivity index (χ3n) is 3.08. The Bertz CT molecular complexity index is 713. The predicted molar refractivity (Wildman–Crippen MR) is 76.9 cm³/mol. The number of hydrogen-bond acceptors (Lipinski definition) is 3. The fourth-order valence-corrected chi connectivity index (χ4v) is 1.86. The molecule has 2 rings (SSSR count). The fraction of sp³-hybridized carbons (Fsp3) is 0.176. The van der Waals surface area contributed by atoms with Gasteiger partial charge in [0.2, 0.25) is 0 Å². The summed E-state index contributed by atoms with van der Waals surface area (Å²) < 4.78 is 41.6. The number of carbonyl (C=O) groups is 1. The van der Waals surface area contributed by atoms with Gasteiger partial charge in [-0.05, 0) is 48.4 Å². The van der Waals surface area contributed by atoms with E-state index < -0.39 is 18.6 Å². The van der Waals surface area contributed by atoms with Crippen molar-refractivity contribution in [2.45, 2.75) is 19.0 Å². The first-order valence-corrected chi connectivity index (χ1v) is 6.75. The Kier molecular flexibility index (Phi) is 5.02. The number of nitriles is 1. The molecule has 0 fully saturated rings. The first kappa shape index (κ1) is 16.6. The Hall–Kier alpha value is -2.81. The maximum absolute atomic E-state index is 12.2. The van der Waals surface area contributed by atoms with Crippen molar-refractivity contribution in [3.63, 3.8) is 0 Å². The summed E-state index contributed by atoms with van der Waals surface area (Å²) in [6, 6.07) is 13.8. The molecule has 0 N–H and O–H groups in total. The highest BCUT2D eigenvalue weighted by atomic mass is 19.4. The van der Waals surface area contributed by atoms with E-state index in [9.17, 15) is 18.0 Å². The summed E-state index contributed by atoms with van der Waals surface area (Å²) in [7, 11) is 0. The molecule has 0 saturated carbocycles. The first-order chi connectivity index (χ1) is 10.9. The van der Waals surface area contributed by atoms with Crippen LogP contribution < -0.4 is 4.74 Å². The molecule has 2 aromatic carbocycles. The minimum atomic E-state index is -4.20. The summed E-state index contributed by atoms with van der Waals surface area (Å²) in [5.74, 6) is -0.327. The molecular weight excluding hydrogens is 307 g/mol.